The highest BCUT2D eigenvalue weighted by molar-refractivity contribution is 7.22. The standard InChI is InChI=1S/C17H10ClF3N2OS/c18-12-7-6-11(17(19,20)21)9-10(12)5-8-15(24)23-16-22-13-3-1-2-4-14(13)25-16/h1-9H,(H,22,23,24)/b8-5+. The monoisotopic (exact) mass is 382 g/mol. The minimum atomic E-state index is -4.48. The van der Waals surface area contributed by atoms with E-state index >= 15 is 0 Å². The number of nitrogens with zero attached hydrogens (tertiary/aromatic N) is 1. The number of halogens is 4. The Morgan fingerprint density at radius 1 is 1.20 bits per heavy atom. The van der Waals surface area contributed by atoms with Crippen molar-refractivity contribution < 1.29 is 18.0 Å². The second kappa shape index (κ2) is 6.85. The first-order valence-electron chi connectivity index (χ1n) is 7.04. The van der Waals surface area contributed by atoms with E-state index in [0.717, 1.165) is 34.5 Å². The summed E-state index contributed by atoms with van der Waals surface area (Å²) in [6, 6.07) is 10.3. The van der Waals surface area contributed by atoms with Crippen molar-refractivity contribution in [1.82, 2.24) is 4.98 Å². The number of benzene rings is 2. The fourth-order valence-electron chi connectivity index (χ4n) is 2.09. The fraction of sp³-hybridized carbons (Fsp3) is 0.0588. The number of alkyl halides is 3. The quantitative estimate of drug-likeness (QED) is 0.597. The van der Waals surface area contributed by atoms with Crippen molar-refractivity contribution >= 4 is 50.3 Å². The molecule has 0 aliphatic heterocycles. The number of para-hydroxylation sites is 1. The van der Waals surface area contributed by atoms with E-state index in [1.54, 1.807) is 0 Å². The zero-order valence-electron chi connectivity index (χ0n) is 12.5. The topological polar surface area (TPSA) is 42.0 Å². The molecule has 3 rings (SSSR count). The Hall–Kier alpha value is -2.38. The van der Waals surface area contributed by atoms with Crippen LogP contribution in [0.2, 0.25) is 5.02 Å². The minimum Gasteiger partial charge on any atom is -0.298 e. The molecule has 1 amide bonds. The number of rotatable bonds is 3. The normalized spacial score (nSPS) is 12.0. The lowest BCUT2D eigenvalue weighted by atomic mass is 10.1. The summed E-state index contributed by atoms with van der Waals surface area (Å²) in [7, 11) is 0. The summed E-state index contributed by atoms with van der Waals surface area (Å²) in [5, 5.41) is 3.11. The summed E-state index contributed by atoms with van der Waals surface area (Å²) in [6.45, 7) is 0. The first-order valence-corrected chi connectivity index (χ1v) is 8.24. The third-order valence-corrected chi connectivity index (χ3v) is 4.56. The molecule has 2 aromatic carbocycles. The third kappa shape index (κ3) is 4.18. The van der Waals surface area contributed by atoms with Gasteiger partial charge in [0, 0.05) is 11.1 Å². The van der Waals surface area contributed by atoms with Gasteiger partial charge >= 0.3 is 6.18 Å². The van der Waals surface area contributed by atoms with Crippen LogP contribution in [-0.2, 0) is 11.0 Å². The molecule has 0 radical (unpaired) electrons. The highest BCUT2D eigenvalue weighted by Crippen LogP contribution is 2.32. The van der Waals surface area contributed by atoms with Crippen molar-refractivity contribution in [2.24, 2.45) is 0 Å². The molecule has 1 aromatic heterocycles. The SMILES string of the molecule is O=C(/C=C/c1cc(C(F)(F)F)ccc1Cl)Nc1nc2ccccc2s1. The molecule has 0 fully saturated rings. The van der Waals surface area contributed by atoms with Crippen molar-refractivity contribution in [3.63, 3.8) is 0 Å². The molecule has 0 aliphatic rings. The zero-order valence-corrected chi connectivity index (χ0v) is 14.0. The molecule has 1 N–H and O–H groups in total. The van der Waals surface area contributed by atoms with Gasteiger partial charge in [0.2, 0.25) is 5.91 Å². The summed E-state index contributed by atoms with van der Waals surface area (Å²) in [4.78, 5) is 16.2. The van der Waals surface area contributed by atoms with Gasteiger partial charge in [-0.05, 0) is 42.0 Å². The van der Waals surface area contributed by atoms with E-state index in [2.05, 4.69) is 10.3 Å². The van der Waals surface area contributed by atoms with Gasteiger partial charge < -0.3 is 0 Å². The van der Waals surface area contributed by atoms with Gasteiger partial charge in [-0.2, -0.15) is 13.2 Å². The Morgan fingerprint density at radius 3 is 2.68 bits per heavy atom. The molecule has 25 heavy (non-hydrogen) atoms. The molecule has 3 nitrogen and oxygen atoms in total. The smallest absolute Gasteiger partial charge is 0.298 e. The average molecular weight is 383 g/mol. The van der Waals surface area contributed by atoms with E-state index in [4.69, 9.17) is 11.6 Å². The van der Waals surface area contributed by atoms with Crippen LogP contribution in [-0.4, -0.2) is 10.9 Å². The summed E-state index contributed by atoms with van der Waals surface area (Å²) < 4.78 is 39.1. The van der Waals surface area contributed by atoms with Crippen LogP contribution in [0, 0.1) is 0 Å². The second-order valence-corrected chi connectivity index (χ2v) is 6.48. The molecule has 128 valence electrons. The van der Waals surface area contributed by atoms with Crippen LogP contribution in [0.15, 0.2) is 48.5 Å². The fourth-order valence-corrected chi connectivity index (χ4v) is 3.14. The van der Waals surface area contributed by atoms with E-state index in [0.29, 0.717) is 5.13 Å². The van der Waals surface area contributed by atoms with Gasteiger partial charge in [0.1, 0.15) is 0 Å². The number of carbonyl (C=O) groups excluding carboxylic acids is 1. The molecule has 0 atom stereocenters. The molecule has 1 heterocycles. The van der Waals surface area contributed by atoms with Gasteiger partial charge in [-0.15, -0.1) is 0 Å². The Bertz CT molecular complexity index is 933. The minimum absolute atomic E-state index is 0.107. The average Bonchev–Trinajstić information content (AvgIpc) is 2.95. The highest BCUT2D eigenvalue weighted by atomic mass is 35.5. The highest BCUT2D eigenvalue weighted by Gasteiger charge is 2.30. The van der Waals surface area contributed by atoms with E-state index < -0.39 is 17.6 Å². The van der Waals surface area contributed by atoms with Gasteiger partial charge in [-0.3, -0.25) is 10.1 Å². The van der Waals surface area contributed by atoms with E-state index in [1.165, 1.54) is 17.4 Å². The maximum atomic E-state index is 12.7. The largest absolute Gasteiger partial charge is 0.416 e. The summed E-state index contributed by atoms with van der Waals surface area (Å²) in [5.41, 5.74) is 0.0341. The van der Waals surface area contributed by atoms with Crippen LogP contribution in [0.25, 0.3) is 16.3 Å². The van der Waals surface area contributed by atoms with Gasteiger partial charge in [0.15, 0.2) is 5.13 Å². The Kier molecular flexibility index (Phi) is 4.78. The molecule has 8 heteroatoms. The first kappa shape index (κ1) is 17.4. The van der Waals surface area contributed by atoms with Crippen LogP contribution in [0.5, 0.6) is 0 Å². The van der Waals surface area contributed by atoms with Crippen molar-refractivity contribution in [2.75, 3.05) is 5.32 Å². The summed E-state index contributed by atoms with van der Waals surface area (Å²) in [5.74, 6) is -0.507. The maximum absolute atomic E-state index is 12.7. The molecule has 0 bridgehead atoms. The molecular formula is C17H10ClF3N2OS. The maximum Gasteiger partial charge on any atom is 0.416 e. The number of hydrogen-bond acceptors (Lipinski definition) is 3. The van der Waals surface area contributed by atoms with Gasteiger partial charge in [-0.25, -0.2) is 4.98 Å². The molecule has 0 saturated heterocycles. The lowest BCUT2D eigenvalue weighted by Gasteiger charge is -2.08. The summed E-state index contributed by atoms with van der Waals surface area (Å²) >= 11 is 7.19. The number of nitrogens with one attached hydrogen (secondary N) is 1. The van der Waals surface area contributed by atoms with Crippen molar-refractivity contribution in [3.05, 3.63) is 64.7 Å². The number of carbonyl (C=O) groups is 1. The van der Waals surface area contributed by atoms with Crippen LogP contribution in [0.4, 0.5) is 18.3 Å². The van der Waals surface area contributed by atoms with Crippen LogP contribution in [0.1, 0.15) is 11.1 Å². The molecule has 0 unspecified atom stereocenters. The van der Waals surface area contributed by atoms with E-state index in [-0.39, 0.29) is 10.6 Å². The Morgan fingerprint density at radius 2 is 1.96 bits per heavy atom. The predicted molar refractivity (Wildman–Crippen MR) is 93.7 cm³/mol. The number of aromatic nitrogens is 1. The van der Waals surface area contributed by atoms with Crippen molar-refractivity contribution in [2.45, 2.75) is 6.18 Å². The number of thiazole rings is 1. The zero-order chi connectivity index (χ0) is 18.0. The molecule has 0 spiro atoms. The lowest BCUT2D eigenvalue weighted by molar-refractivity contribution is -0.137. The summed E-state index contributed by atoms with van der Waals surface area (Å²) in [6.07, 6.45) is -2.12. The number of fused-ring (bicyclic) bond motifs is 1. The number of anilines is 1. The van der Waals surface area contributed by atoms with Crippen LogP contribution < -0.4 is 5.32 Å². The van der Waals surface area contributed by atoms with Gasteiger partial charge in [0.05, 0.1) is 15.8 Å². The van der Waals surface area contributed by atoms with Crippen LogP contribution >= 0.6 is 22.9 Å². The van der Waals surface area contributed by atoms with Crippen molar-refractivity contribution in [1.29, 1.82) is 0 Å². The molecular weight excluding hydrogens is 373 g/mol. The second-order valence-electron chi connectivity index (χ2n) is 5.04. The predicted octanol–water partition coefficient (Wildman–Crippen LogP) is 5.62. The molecule has 0 saturated carbocycles. The van der Waals surface area contributed by atoms with Gasteiger partial charge in [0.25, 0.3) is 0 Å². The van der Waals surface area contributed by atoms with Gasteiger partial charge in [-0.1, -0.05) is 35.1 Å². The lowest BCUT2D eigenvalue weighted by Crippen LogP contribution is -2.07. The Balaban J connectivity index is 1.76. The number of amides is 1. The van der Waals surface area contributed by atoms with Crippen LogP contribution in [0.3, 0.4) is 0 Å². The third-order valence-electron chi connectivity index (χ3n) is 3.26. The Labute approximate surface area is 149 Å². The molecule has 0 aliphatic carbocycles. The van der Waals surface area contributed by atoms with E-state index in [1.807, 2.05) is 24.3 Å². The van der Waals surface area contributed by atoms with E-state index in [9.17, 15) is 18.0 Å². The number of hydrogen-bond donors (Lipinski definition) is 1. The first-order chi connectivity index (χ1) is 11.8. The molecule has 3 aromatic rings. The van der Waals surface area contributed by atoms with Crippen molar-refractivity contribution in [3.8, 4) is 0 Å².